The topological polar surface area (TPSA) is 88.5 Å². The molecule has 1 amide bonds. The van der Waals surface area contributed by atoms with E-state index in [4.69, 9.17) is 11.6 Å². The van der Waals surface area contributed by atoms with Gasteiger partial charge in [0.15, 0.2) is 0 Å². The van der Waals surface area contributed by atoms with Crippen LogP contribution in [0.25, 0.3) is 10.9 Å². The third-order valence-electron chi connectivity index (χ3n) is 5.42. The number of amides is 1. The standard InChI is InChI=1S/C24H23ClN6O/c1-15-5-4-6-18(9-15)13-27-24(32)19-10-20(12-26)21-14-30(29-22(21)11-19)7-8-31-17(3)23(25)16(2)28-31/h4-6,9-11,14H,7-8,13H2,1-3H3,(H,27,32). The Bertz CT molecular complexity index is 1360. The molecule has 0 atom stereocenters. The molecular weight excluding hydrogens is 424 g/mol. The summed E-state index contributed by atoms with van der Waals surface area (Å²) < 4.78 is 3.61. The van der Waals surface area contributed by atoms with Gasteiger partial charge in [0.1, 0.15) is 0 Å². The Balaban J connectivity index is 1.53. The third-order valence-corrected chi connectivity index (χ3v) is 5.97. The quantitative estimate of drug-likeness (QED) is 0.478. The smallest absolute Gasteiger partial charge is 0.251 e. The van der Waals surface area contributed by atoms with E-state index in [1.165, 1.54) is 0 Å². The van der Waals surface area contributed by atoms with Crippen LogP contribution in [0.2, 0.25) is 5.02 Å². The van der Waals surface area contributed by atoms with Crippen LogP contribution in [0.5, 0.6) is 0 Å². The molecule has 0 aliphatic rings. The van der Waals surface area contributed by atoms with Crippen LogP contribution in [-0.2, 0) is 19.6 Å². The number of carbonyl (C=O) groups excluding carboxylic acids is 1. The van der Waals surface area contributed by atoms with Gasteiger partial charge in [-0.15, -0.1) is 0 Å². The van der Waals surface area contributed by atoms with Crippen LogP contribution >= 0.6 is 11.6 Å². The van der Waals surface area contributed by atoms with E-state index in [1.807, 2.05) is 55.9 Å². The first-order chi connectivity index (χ1) is 15.4. The second-order valence-electron chi connectivity index (χ2n) is 7.84. The van der Waals surface area contributed by atoms with Gasteiger partial charge in [-0.05, 0) is 38.5 Å². The molecule has 162 valence electrons. The predicted molar refractivity (Wildman–Crippen MR) is 124 cm³/mol. The van der Waals surface area contributed by atoms with Crippen molar-refractivity contribution in [3.8, 4) is 6.07 Å². The van der Waals surface area contributed by atoms with E-state index < -0.39 is 0 Å². The van der Waals surface area contributed by atoms with E-state index in [0.29, 0.717) is 46.7 Å². The van der Waals surface area contributed by atoms with E-state index in [9.17, 15) is 10.1 Å². The molecular formula is C24H23ClN6O. The van der Waals surface area contributed by atoms with E-state index in [0.717, 1.165) is 22.5 Å². The Morgan fingerprint density at radius 2 is 1.97 bits per heavy atom. The minimum Gasteiger partial charge on any atom is -0.348 e. The van der Waals surface area contributed by atoms with Gasteiger partial charge in [-0.2, -0.15) is 15.5 Å². The highest BCUT2D eigenvalue weighted by Crippen LogP contribution is 2.21. The summed E-state index contributed by atoms with van der Waals surface area (Å²) in [5.41, 5.74) is 5.30. The van der Waals surface area contributed by atoms with Crippen LogP contribution in [0.1, 0.15) is 38.4 Å². The molecule has 7 nitrogen and oxygen atoms in total. The number of fused-ring (bicyclic) bond motifs is 1. The molecule has 0 spiro atoms. The Morgan fingerprint density at radius 3 is 2.66 bits per heavy atom. The molecule has 0 saturated carbocycles. The number of nitriles is 1. The molecule has 8 heteroatoms. The van der Waals surface area contributed by atoms with Crippen LogP contribution < -0.4 is 5.32 Å². The number of hydrogen-bond donors (Lipinski definition) is 1. The monoisotopic (exact) mass is 446 g/mol. The number of nitrogens with one attached hydrogen (secondary N) is 1. The third kappa shape index (κ3) is 4.36. The first kappa shape index (κ1) is 21.6. The fraction of sp³-hybridized carbons (Fsp3) is 0.250. The molecule has 32 heavy (non-hydrogen) atoms. The lowest BCUT2D eigenvalue weighted by Gasteiger charge is -2.07. The second kappa shape index (κ2) is 8.85. The summed E-state index contributed by atoms with van der Waals surface area (Å²) in [4.78, 5) is 12.7. The predicted octanol–water partition coefficient (Wildman–Crippen LogP) is 4.31. The van der Waals surface area contributed by atoms with Gasteiger partial charge in [0.2, 0.25) is 0 Å². The lowest BCUT2D eigenvalue weighted by molar-refractivity contribution is 0.0951. The number of carbonyl (C=O) groups is 1. The van der Waals surface area contributed by atoms with Gasteiger partial charge in [-0.25, -0.2) is 0 Å². The zero-order valence-electron chi connectivity index (χ0n) is 18.2. The molecule has 4 rings (SSSR count). The van der Waals surface area contributed by atoms with Crippen molar-refractivity contribution in [3.63, 3.8) is 0 Å². The minimum absolute atomic E-state index is 0.239. The van der Waals surface area contributed by atoms with E-state index in [1.54, 1.807) is 16.8 Å². The number of rotatable bonds is 6. The number of halogens is 1. The average Bonchev–Trinajstić information content (AvgIpc) is 3.31. The van der Waals surface area contributed by atoms with Gasteiger partial charge in [-0.1, -0.05) is 41.4 Å². The van der Waals surface area contributed by atoms with Crippen molar-refractivity contribution >= 4 is 28.4 Å². The second-order valence-corrected chi connectivity index (χ2v) is 8.22. The summed E-state index contributed by atoms with van der Waals surface area (Å²) in [6.07, 6.45) is 1.83. The Hall–Kier alpha value is -3.63. The zero-order valence-corrected chi connectivity index (χ0v) is 18.9. The fourth-order valence-corrected chi connectivity index (χ4v) is 3.84. The zero-order chi connectivity index (χ0) is 22.8. The molecule has 2 heterocycles. The molecule has 0 radical (unpaired) electrons. The number of hydrogen-bond acceptors (Lipinski definition) is 4. The van der Waals surface area contributed by atoms with Crippen molar-refractivity contribution in [3.05, 3.63) is 81.3 Å². The van der Waals surface area contributed by atoms with E-state index >= 15 is 0 Å². The molecule has 2 aromatic heterocycles. The number of aromatic nitrogens is 4. The molecule has 2 aromatic carbocycles. The van der Waals surface area contributed by atoms with Gasteiger partial charge in [-0.3, -0.25) is 14.2 Å². The van der Waals surface area contributed by atoms with Crippen molar-refractivity contribution in [2.75, 3.05) is 0 Å². The lowest BCUT2D eigenvalue weighted by Crippen LogP contribution is -2.22. The minimum atomic E-state index is -0.239. The molecule has 0 saturated heterocycles. The van der Waals surface area contributed by atoms with Crippen LogP contribution in [-0.4, -0.2) is 25.5 Å². The van der Waals surface area contributed by atoms with E-state index in [2.05, 4.69) is 21.6 Å². The van der Waals surface area contributed by atoms with Crippen molar-refractivity contribution in [1.29, 1.82) is 5.26 Å². The summed E-state index contributed by atoms with van der Waals surface area (Å²) in [5.74, 6) is -0.239. The maximum absolute atomic E-state index is 12.7. The Kier molecular flexibility index (Phi) is 5.97. The maximum Gasteiger partial charge on any atom is 0.251 e. The molecule has 0 aliphatic heterocycles. The van der Waals surface area contributed by atoms with Crippen molar-refractivity contribution < 1.29 is 4.79 Å². The normalized spacial score (nSPS) is 11.0. The SMILES string of the molecule is Cc1cccc(CNC(=O)c2cc(C#N)c3cn(CCn4nc(C)c(Cl)c4C)nc3c2)c1. The van der Waals surface area contributed by atoms with Crippen molar-refractivity contribution in [2.45, 2.75) is 40.4 Å². The Labute approximate surface area is 191 Å². The number of nitrogens with zero attached hydrogens (tertiary/aromatic N) is 5. The maximum atomic E-state index is 12.7. The van der Waals surface area contributed by atoms with Gasteiger partial charge < -0.3 is 5.32 Å². The van der Waals surface area contributed by atoms with Crippen molar-refractivity contribution in [1.82, 2.24) is 24.9 Å². The van der Waals surface area contributed by atoms with Gasteiger partial charge >= 0.3 is 0 Å². The van der Waals surface area contributed by atoms with Crippen LogP contribution in [0.4, 0.5) is 0 Å². The highest BCUT2D eigenvalue weighted by molar-refractivity contribution is 6.31. The largest absolute Gasteiger partial charge is 0.348 e. The number of benzene rings is 2. The van der Waals surface area contributed by atoms with Crippen LogP contribution in [0, 0.1) is 32.1 Å². The fourth-order valence-electron chi connectivity index (χ4n) is 3.71. The van der Waals surface area contributed by atoms with Gasteiger partial charge in [0.05, 0.1) is 46.6 Å². The molecule has 1 N–H and O–H groups in total. The molecule has 4 aromatic rings. The molecule has 0 bridgehead atoms. The first-order valence-electron chi connectivity index (χ1n) is 10.3. The summed E-state index contributed by atoms with van der Waals surface area (Å²) in [6.45, 7) is 7.39. The summed E-state index contributed by atoms with van der Waals surface area (Å²) in [6, 6.07) is 13.5. The van der Waals surface area contributed by atoms with Crippen molar-refractivity contribution in [2.24, 2.45) is 0 Å². The molecule has 0 aliphatic carbocycles. The number of aryl methyl sites for hydroxylation is 4. The lowest BCUT2D eigenvalue weighted by atomic mass is 10.1. The Morgan fingerprint density at radius 1 is 1.16 bits per heavy atom. The molecule has 0 unspecified atom stereocenters. The summed E-state index contributed by atoms with van der Waals surface area (Å²) in [5, 5.41) is 22.9. The summed E-state index contributed by atoms with van der Waals surface area (Å²) >= 11 is 6.22. The van der Waals surface area contributed by atoms with Crippen LogP contribution in [0.15, 0.2) is 42.6 Å². The van der Waals surface area contributed by atoms with Crippen LogP contribution in [0.3, 0.4) is 0 Å². The highest BCUT2D eigenvalue weighted by Gasteiger charge is 2.14. The first-order valence-corrected chi connectivity index (χ1v) is 10.7. The highest BCUT2D eigenvalue weighted by atomic mass is 35.5. The van der Waals surface area contributed by atoms with Gasteiger partial charge in [0.25, 0.3) is 5.91 Å². The average molecular weight is 447 g/mol. The van der Waals surface area contributed by atoms with E-state index in [-0.39, 0.29) is 5.91 Å². The summed E-state index contributed by atoms with van der Waals surface area (Å²) in [7, 11) is 0. The molecule has 0 fully saturated rings. The van der Waals surface area contributed by atoms with Gasteiger partial charge in [0, 0.05) is 23.7 Å².